The van der Waals surface area contributed by atoms with Gasteiger partial charge in [0, 0.05) is 16.0 Å². The fraction of sp³-hybridized carbons (Fsp3) is 0.400. The summed E-state index contributed by atoms with van der Waals surface area (Å²) in [5.41, 5.74) is 1.08. The van der Waals surface area contributed by atoms with Gasteiger partial charge < -0.3 is 4.74 Å². The van der Waals surface area contributed by atoms with Crippen molar-refractivity contribution >= 4 is 39.6 Å². The first-order chi connectivity index (χ1) is 9.31. The Morgan fingerprint density at radius 2 is 2.10 bits per heavy atom. The third-order valence-electron chi connectivity index (χ3n) is 2.80. The van der Waals surface area contributed by atoms with Gasteiger partial charge in [0.1, 0.15) is 11.4 Å². The number of fused-ring (bicyclic) bond motifs is 1. The van der Waals surface area contributed by atoms with Crippen molar-refractivity contribution in [2.75, 3.05) is 4.43 Å². The number of aromatic nitrogens is 1. The number of carbonyl (C=O) groups is 1. The summed E-state index contributed by atoms with van der Waals surface area (Å²) in [4.78, 5) is 12.2. The van der Waals surface area contributed by atoms with Crippen molar-refractivity contribution in [1.82, 2.24) is 4.57 Å². The Kier molecular flexibility index (Phi) is 4.36. The minimum Gasteiger partial charge on any atom is -0.443 e. The first-order valence-electron chi connectivity index (χ1n) is 6.40. The molecule has 0 bridgehead atoms. The number of benzene rings is 1. The molecule has 20 heavy (non-hydrogen) atoms. The maximum absolute atomic E-state index is 13.4. The number of aryl methyl sites for hydroxylation is 1. The highest BCUT2D eigenvalue weighted by atomic mass is 127. The minimum atomic E-state index is -0.558. The number of carbonyl (C=O) groups excluding carboxylic acids is 1. The van der Waals surface area contributed by atoms with Gasteiger partial charge in [-0.15, -0.1) is 0 Å². The Morgan fingerprint density at radius 3 is 2.70 bits per heavy atom. The van der Waals surface area contributed by atoms with Crippen LogP contribution in [0.5, 0.6) is 0 Å². The largest absolute Gasteiger partial charge is 0.443 e. The lowest BCUT2D eigenvalue weighted by atomic mass is 10.1. The van der Waals surface area contributed by atoms with E-state index >= 15 is 0 Å². The zero-order valence-electron chi connectivity index (χ0n) is 11.7. The topological polar surface area (TPSA) is 31.2 Å². The predicted octanol–water partition coefficient (Wildman–Crippen LogP) is 4.54. The molecule has 0 unspecified atom stereocenters. The maximum Gasteiger partial charge on any atom is 0.419 e. The van der Waals surface area contributed by atoms with Crippen LogP contribution in [0.25, 0.3) is 10.9 Å². The lowest BCUT2D eigenvalue weighted by molar-refractivity contribution is 0.0544. The molecule has 0 saturated heterocycles. The van der Waals surface area contributed by atoms with Gasteiger partial charge >= 0.3 is 6.09 Å². The van der Waals surface area contributed by atoms with Crippen molar-refractivity contribution in [2.45, 2.75) is 32.8 Å². The molecule has 5 heteroatoms. The smallest absolute Gasteiger partial charge is 0.419 e. The fourth-order valence-corrected chi connectivity index (χ4v) is 2.61. The van der Waals surface area contributed by atoms with Gasteiger partial charge in [0.2, 0.25) is 0 Å². The molecule has 0 aliphatic heterocycles. The third kappa shape index (κ3) is 3.31. The van der Waals surface area contributed by atoms with E-state index in [-0.39, 0.29) is 5.82 Å². The molecule has 3 nitrogen and oxygen atoms in total. The third-order valence-corrected chi connectivity index (χ3v) is 3.34. The van der Waals surface area contributed by atoms with Gasteiger partial charge in [0.25, 0.3) is 0 Å². The number of halogens is 2. The van der Waals surface area contributed by atoms with E-state index in [1.807, 2.05) is 20.8 Å². The molecule has 1 aromatic carbocycles. The lowest BCUT2D eigenvalue weighted by Crippen LogP contribution is -2.26. The Bertz CT molecular complexity index is 643. The summed E-state index contributed by atoms with van der Waals surface area (Å²) in [5, 5.41) is 0.771. The average molecular weight is 389 g/mol. The van der Waals surface area contributed by atoms with Crippen molar-refractivity contribution in [3.05, 3.63) is 35.8 Å². The fourth-order valence-electron chi connectivity index (χ4n) is 2.03. The highest BCUT2D eigenvalue weighted by molar-refractivity contribution is 14.1. The molecule has 0 amide bonds. The second-order valence-electron chi connectivity index (χ2n) is 5.61. The van der Waals surface area contributed by atoms with Gasteiger partial charge in [-0.2, -0.15) is 0 Å². The van der Waals surface area contributed by atoms with Crippen LogP contribution in [0.2, 0.25) is 0 Å². The second kappa shape index (κ2) is 5.71. The standard InChI is InChI=1S/C15H17FINO2/c1-15(2,3)20-14(19)18-9-10(6-7-17)12-8-11(16)4-5-13(12)18/h4-5,8-9H,6-7H2,1-3H3. The Morgan fingerprint density at radius 1 is 1.40 bits per heavy atom. The highest BCUT2D eigenvalue weighted by Crippen LogP contribution is 2.24. The predicted molar refractivity (Wildman–Crippen MR) is 86.1 cm³/mol. The molecule has 2 aromatic rings. The van der Waals surface area contributed by atoms with Crippen LogP contribution in [-0.2, 0) is 11.2 Å². The number of ether oxygens (including phenoxy) is 1. The van der Waals surface area contributed by atoms with E-state index in [0.29, 0.717) is 5.52 Å². The van der Waals surface area contributed by atoms with Crippen molar-refractivity contribution in [3.8, 4) is 0 Å². The van der Waals surface area contributed by atoms with Crippen LogP contribution in [0.1, 0.15) is 26.3 Å². The molecule has 0 spiro atoms. The lowest BCUT2D eigenvalue weighted by Gasteiger charge is -2.19. The van der Waals surface area contributed by atoms with Crippen molar-refractivity contribution in [3.63, 3.8) is 0 Å². The Balaban J connectivity index is 2.51. The highest BCUT2D eigenvalue weighted by Gasteiger charge is 2.20. The summed E-state index contributed by atoms with van der Waals surface area (Å²) in [5.74, 6) is -0.297. The average Bonchev–Trinajstić information content (AvgIpc) is 2.66. The van der Waals surface area contributed by atoms with Crippen LogP contribution < -0.4 is 0 Å². The van der Waals surface area contributed by atoms with E-state index < -0.39 is 11.7 Å². The Labute approximate surface area is 131 Å². The zero-order chi connectivity index (χ0) is 14.9. The van der Waals surface area contributed by atoms with E-state index in [2.05, 4.69) is 22.6 Å². The molecular weight excluding hydrogens is 372 g/mol. The summed E-state index contributed by atoms with van der Waals surface area (Å²) < 4.78 is 21.2. The number of rotatable bonds is 2. The monoisotopic (exact) mass is 389 g/mol. The molecule has 0 fully saturated rings. The number of hydrogen-bond acceptors (Lipinski definition) is 2. The molecule has 1 aromatic heterocycles. The first-order valence-corrected chi connectivity index (χ1v) is 7.93. The molecule has 0 atom stereocenters. The van der Waals surface area contributed by atoms with Crippen LogP contribution in [-0.4, -0.2) is 20.7 Å². The summed E-state index contributed by atoms with van der Waals surface area (Å²) >= 11 is 2.26. The molecule has 0 saturated carbocycles. The molecule has 0 radical (unpaired) electrons. The normalized spacial score (nSPS) is 11.8. The SMILES string of the molecule is CC(C)(C)OC(=O)n1cc(CCI)c2cc(F)ccc21. The van der Waals surface area contributed by atoms with Crippen LogP contribution in [0.15, 0.2) is 24.4 Å². The van der Waals surface area contributed by atoms with Gasteiger partial charge in [-0.05, 0) is 51.0 Å². The van der Waals surface area contributed by atoms with E-state index in [9.17, 15) is 9.18 Å². The number of hydrogen-bond donors (Lipinski definition) is 0. The Hall–Kier alpha value is -1.11. The van der Waals surface area contributed by atoms with E-state index in [0.717, 1.165) is 21.8 Å². The summed E-state index contributed by atoms with van der Waals surface area (Å²) in [6.45, 7) is 5.46. The molecule has 1 heterocycles. The van der Waals surface area contributed by atoms with Gasteiger partial charge in [-0.1, -0.05) is 22.6 Å². The number of alkyl halides is 1. The van der Waals surface area contributed by atoms with Gasteiger partial charge in [0.05, 0.1) is 5.52 Å². The van der Waals surface area contributed by atoms with Crippen molar-refractivity contribution in [2.24, 2.45) is 0 Å². The number of nitrogens with zero attached hydrogens (tertiary/aromatic N) is 1. The van der Waals surface area contributed by atoms with Crippen molar-refractivity contribution in [1.29, 1.82) is 0 Å². The van der Waals surface area contributed by atoms with Crippen LogP contribution in [0, 0.1) is 5.82 Å². The summed E-state index contributed by atoms with van der Waals surface area (Å²) in [6.07, 6.45) is 2.10. The van der Waals surface area contributed by atoms with E-state index in [1.165, 1.54) is 16.7 Å². The second-order valence-corrected chi connectivity index (χ2v) is 6.68. The van der Waals surface area contributed by atoms with Crippen LogP contribution in [0.3, 0.4) is 0 Å². The molecular formula is C15H17FINO2. The zero-order valence-corrected chi connectivity index (χ0v) is 13.9. The first kappa shape index (κ1) is 15.3. The van der Waals surface area contributed by atoms with Crippen molar-refractivity contribution < 1.29 is 13.9 Å². The van der Waals surface area contributed by atoms with Gasteiger partial charge in [-0.25, -0.2) is 9.18 Å². The summed E-state index contributed by atoms with van der Waals surface area (Å²) in [6, 6.07) is 4.44. The summed E-state index contributed by atoms with van der Waals surface area (Å²) in [7, 11) is 0. The molecule has 108 valence electrons. The van der Waals surface area contributed by atoms with Crippen LogP contribution >= 0.6 is 22.6 Å². The minimum absolute atomic E-state index is 0.297. The van der Waals surface area contributed by atoms with E-state index in [1.54, 1.807) is 12.3 Å². The quantitative estimate of drug-likeness (QED) is 0.558. The van der Waals surface area contributed by atoms with Gasteiger partial charge in [0.15, 0.2) is 0 Å². The van der Waals surface area contributed by atoms with E-state index in [4.69, 9.17) is 4.74 Å². The molecule has 2 rings (SSSR count). The molecule has 0 N–H and O–H groups in total. The van der Waals surface area contributed by atoms with Gasteiger partial charge in [-0.3, -0.25) is 4.57 Å². The molecule has 0 aliphatic carbocycles. The maximum atomic E-state index is 13.4. The van der Waals surface area contributed by atoms with Crippen LogP contribution in [0.4, 0.5) is 9.18 Å². The molecule has 0 aliphatic rings.